The first-order chi connectivity index (χ1) is 10.4. The molecule has 2 aromatic heterocycles. The number of benzene rings is 1. The van der Waals surface area contributed by atoms with Crippen LogP contribution in [0.4, 0.5) is 14.7 Å². The summed E-state index contributed by atoms with van der Waals surface area (Å²) in [7, 11) is 0. The zero-order chi connectivity index (χ0) is 16.0. The summed E-state index contributed by atoms with van der Waals surface area (Å²) in [6, 6.07) is 3.76. The van der Waals surface area contributed by atoms with Gasteiger partial charge in [-0.05, 0) is 24.6 Å². The van der Waals surface area contributed by atoms with E-state index in [2.05, 4.69) is 9.97 Å². The lowest BCUT2D eigenvalue weighted by molar-refractivity contribution is 0.579. The molecule has 0 atom stereocenters. The normalized spacial score (nSPS) is 10.8. The minimum atomic E-state index is -0.957. The number of hydrogen-bond donors (Lipinski definition) is 2. The van der Waals surface area contributed by atoms with Crippen LogP contribution in [-0.4, -0.2) is 9.97 Å². The number of nitrogen functional groups attached to an aromatic ring is 1. The molecule has 0 amide bonds. The van der Waals surface area contributed by atoms with Gasteiger partial charge in [0.1, 0.15) is 22.3 Å². The molecule has 0 saturated carbocycles. The SMILES string of the molecule is Cc1c(-c2ccc(F)c(C#N)c2F)sc2nc(N)[nH]c(=O)c12. The molecule has 22 heavy (non-hydrogen) atoms. The Morgan fingerprint density at radius 2 is 2.14 bits per heavy atom. The molecule has 0 saturated heterocycles. The van der Waals surface area contributed by atoms with Crippen LogP contribution in [0.3, 0.4) is 0 Å². The second-order valence-corrected chi connectivity index (χ2v) is 5.58. The van der Waals surface area contributed by atoms with Crippen molar-refractivity contribution in [1.29, 1.82) is 5.26 Å². The molecule has 3 aromatic rings. The first kappa shape index (κ1) is 14.2. The average Bonchev–Trinajstić information content (AvgIpc) is 2.76. The van der Waals surface area contributed by atoms with E-state index in [9.17, 15) is 13.6 Å². The number of nitriles is 1. The van der Waals surface area contributed by atoms with Crippen molar-refractivity contribution in [2.24, 2.45) is 0 Å². The van der Waals surface area contributed by atoms with E-state index in [0.717, 1.165) is 17.4 Å². The zero-order valence-electron chi connectivity index (χ0n) is 11.2. The first-order valence-corrected chi connectivity index (χ1v) is 6.93. The minimum absolute atomic E-state index is 0.0393. The van der Waals surface area contributed by atoms with Crippen molar-refractivity contribution in [3.05, 3.63) is 45.2 Å². The Hall–Kier alpha value is -2.79. The maximum atomic E-state index is 14.3. The Bertz CT molecular complexity index is 1020. The number of H-pyrrole nitrogens is 1. The van der Waals surface area contributed by atoms with Crippen molar-refractivity contribution in [2.45, 2.75) is 6.92 Å². The molecule has 0 spiro atoms. The minimum Gasteiger partial charge on any atom is -0.369 e. The number of anilines is 1. The van der Waals surface area contributed by atoms with Crippen molar-refractivity contribution in [1.82, 2.24) is 9.97 Å². The number of nitrogens with zero attached hydrogens (tertiary/aromatic N) is 2. The highest BCUT2D eigenvalue weighted by Crippen LogP contribution is 2.38. The number of nitrogens with two attached hydrogens (primary N) is 1. The van der Waals surface area contributed by atoms with E-state index in [0.29, 0.717) is 20.7 Å². The zero-order valence-corrected chi connectivity index (χ0v) is 12.0. The summed E-state index contributed by atoms with van der Waals surface area (Å²) in [5.74, 6) is -1.92. The second-order valence-electron chi connectivity index (χ2n) is 4.58. The van der Waals surface area contributed by atoms with Gasteiger partial charge in [0.05, 0.1) is 5.39 Å². The van der Waals surface area contributed by atoms with Gasteiger partial charge < -0.3 is 5.73 Å². The molecular weight excluding hydrogens is 310 g/mol. The number of rotatable bonds is 1. The van der Waals surface area contributed by atoms with Crippen LogP contribution in [0.2, 0.25) is 0 Å². The van der Waals surface area contributed by atoms with Crippen LogP contribution < -0.4 is 11.3 Å². The summed E-state index contributed by atoms with van der Waals surface area (Å²) in [6.07, 6.45) is 0. The molecule has 0 radical (unpaired) electrons. The van der Waals surface area contributed by atoms with Gasteiger partial charge >= 0.3 is 0 Å². The number of aromatic amines is 1. The van der Waals surface area contributed by atoms with Crippen molar-refractivity contribution < 1.29 is 8.78 Å². The van der Waals surface area contributed by atoms with Crippen molar-refractivity contribution in [3.63, 3.8) is 0 Å². The maximum Gasteiger partial charge on any atom is 0.261 e. The molecule has 0 fully saturated rings. The fraction of sp³-hybridized carbons (Fsp3) is 0.0714. The highest BCUT2D eigenvalue weighted by molar-refractivity contribution is 7.22. The monoisotopic (exact) mass is 318 g/mol. The molecule has 3 rings (SSSR count). The Morgan fingerprint density at radius 3 is 2.82 bits per heavy atom. The fourth-order valence-corrected chi connectivity index (χ4v) is 3.46. The van der Waals surface area contributed by atoms with Gasteiger partial charge in [0.2, 0.25) is 5.95 Å². The Balaban J connectivity index is 2.38. The van der Waals surface area contributed by atoms with E-state index in [1.54, 1.807) is 6.92 Å². The van der Waals surface area contributed by atoms with Crippen LogP contribution in [0.25, 0.3) is 20.7 Å². The number of aryl methyl sites for hydroxylation is 1. The molecule has 0 bridgehead atoms. The van der Waals surface area contributed by atoms with E-state index >= 15 is 0 Å². The van der Waals surface area contributed by atoms with Crippen LogP contribution in [0.5, 0.6) is 0 Å². The van der Waals surface area contributed by atoms with E-state index in [1.807, 2.05) is 0 Å². The number of aromatic nitrogens is 2. The summed E-state index contributed by atoms with van der Waals surface area (Å²) in [5.41, 5.74) is 4.96. The third-order valence-electron chi connectivity index (χ3n) is 3.27. The average molecular weight is 318 g/mol. The molecule has 0 unspecified atom stereocenters. The molecule has 0 aliphatic carbocycles. The topological polar surface area (TPSA) is 95.6 Å². The van der Waals surface area contributed by atoms with Crippen molar-refractivity contribution >= 4 is 27.5 Å². The van der Waals surface area contributed by atoms with Crippen LogP contribution in [0.1, 0.15) is 11.1 Å². The van der Waals surface area contributed by atoms with Gasteiger partial charge in [-0.1, -0.05) is 0 Å². The lowest BCUT2D eigenvalue weighted by Gasteiger charge is -2.04. The predicted molar refractivity (Wildman–Crippen MR) is 79.5 cm³/mol. The third kappa shape index (κ3) is 1.95. The van der Waals surface area contributed by atoms with Gasteiger partial charge in [0.15, 0.2) is 5.82 Å². The summed E-state index contributed by atoms with van der Waals surface area (Å²) in [4.78, 5) is 19.1. The molecule has 2 heterocycles. The third-order valence-corrected chi connectivity index (χ3v) is 4.49. The van der Waals surface area contributed by atoms with Gasteiger partial charge in [-0.15, -0.1) is 11.3 Å². The maximum absolute atomic E-state index is 14.3. The van der Waals surface area contributed by atoms with E-state index < -0.39 is 22.8 Å². The highest BCUT2D eigenvalue weighted by atomic mass is 32.1. The van der Waals surface area contributed by atoms with Crippen LogP contribution >= 0.6 is 11.3 Å². The number of thiophene rings is 1. The standard InChI is InChI=1S/C14H8F2N4OS/c1-5-9-12(21)19-14(18)20-13(9)22-11(5)6-2-3-8(15)7(4-17)10(6)16/h2-3H,1H3,(H3,18,19,20,21). The van der Waals surface area contributed by atoms with Gasteiger partial charge in [-0.25, -0.2) is 13.8 Å². The van der Waals surface area contributed by atoms with E-state index in [1.165, 1.54) is 12.1 Å². The smallest absolute Gasteiger partial charge is 0.261 e. The summed E-state index contributed by atoms with van der Waals surface area (Å²) in [5, 5.41) is 9.15. The largest absolute Gasteiger partial charge is 0.369 e. The van der Waals surface area contributed by atoms with Crippen molar-refractivity contribution in [2.75, 3.05) is 5.73 Å². The van der Waals surface area contributed by atoms with Gasteiger partial charge in [-0.2, -0.15) is 5.26 Å². The Labute approximate surface area is 126 Å². The molecule has 3 N–H and O–H groups in total. The van der Waals surface area contributed by atoms with E-state index in [4.69, 9.17) is 11.0 Å². The number of nitrogens with one attached hydrogen (secondary N) is 1. The van der Waals surface area contributed by atoms with Crippen LogP contribution in [0, 0.1) is 29.9 Å². The second kappa shape index (κ2) is 4.89. The number of halogens is 2. The molecule has 110 valence electrons. The lowest BCUT2D eigenvalue weighted by atomic mass is 10.0. The Kier molecular flexibility index (Phi) is 3.15. The molecule has 5 nitrogen and oxygen atoms in total. The number of fused-ring (bicyclic) bond motifs is 1. The molecule has 1 aromatic carbocycles. The summed E-state index contributed by atoms with van der Waals surface area (Å²) < 4.78 is 27.7. The molecule has 8 heteroatoms. The Morgan fingerprint density at radius 1 is 1.41 bits per heavy atom. The first-order valence-electron chi connectivity index (χ1n) is 6.11. The van der Waals surface area contributed by atoms with Crippen LogP contribution in [0.15, 0.2) is 16.9 Å². The highest BCUT2D eigenvalue weighted by Gasteiger charge is 2.20. The van der Waals surface area contributed by atoms with Crippen molar-refractivity contribution in [3.8, 4) is 16.5 Å². The van der Waals surface area contributed by atoms with Gasteiger partial charge in [-0.3, -0.25) is 9.78 Å². The lowest BCUT2D eigenvalue weighted by Crippen LogP contribution is -2.10. The molecule has 0 aliphatic rings. The van der Waals surface area contributed by atoms with Gasteiger partial charge in [0, 0.05) is 10.4 Å². The molecule has 0 aliphatic heterocycles. The van der Waals surface area contributed by atoms with Crippen LogP contribution in [-0.2, 0) is 0 Å². The summed E-state index contributed by atoms with van der Waals surface area (Å²) >= 11 is 1.06. The van der Waals surface area contributed by atoms with E-state index in [-0.39, 0.29) is 11.5 Å². The summed E-state index contributed by atoms with van der Waals surface area (Å²) in [6.45, 7) is 1.64. The van der Waals surface area contributed by atoms with Gasteiger partial charge in [0.25, 0.3) is 5.56 Å². The predicted octanol–water partition coefficient (Wildman–Crippen LogP) is 2.69. The fourth-order valence-electron chi connectivity index (χ4n) is 2.25. The quantitative estimate of drug-likeness (QED) is 0.721. The number of hydrogen-bond acceptors (Lipinski definition) is 5. The molecular formula is C14H8F2N4OS.